The molecule has 1 aromatic carbocycles. The maximum Gasteiger partial charge on any atom is 0.339 e. The van der Waals surface area contributed by atoms with E-state index in [2.05, 4.69) is 14.6 Å². The minimum Gasteiger partial charge on any atom is -0.478 e. The minimum absolute atomic E-state index is 0.00702. The third-order valence-corrected chi connectivity index (χ3v) is 8.18. The van der Waals surface area contributed by atoms with Gasteiger partial charge in [0, 0.05) is 19.1 Å². The molecule has 0 bridgehead atoms. The smallest absolute Gasteiger partial charge is 0.339 e. The molecule has 2 saturated heterocycles. The topological polar surface area (TPSA) is 103 Å². The van der Waals surface area contributed by atoms with Crippen LogP contribution >= 0.6 is 0 Å². The van der Waals surface area contributed by atoms with Crippen molar-refractivity contribution in [3.63, 3.8) is 0 Å². The van der Waals surface area contributed by atoms with Crippen LogP contribution in [0.2, 0.25) is 0 Å². The van der Waals surface area contributed by atoms with Crippen LogP contribution in [0.1, 0.15) is 53.6 Å². The van der Waals surface area contributed by atoms with Gasteiger partial charge in [0.25, 0.3) is 10.0 Å². The first-order chi connectivity index (χ1) is 15.7. The number of carboxylic acid groups (broad SMARTS) is 1. The van der Waals surface area contributed by atoms with Crippen LogP contribution < -0.4 is 9.62 Å². The monoisotopic (exact) mass is 472 g/mol. The van der Waals surface area contributed by atoms with Gasteiger partial charge in [0.15, 0.2) is 0 Å². The molecule has 33 heavy (non-hydrogen) atoms. The van der Waals surface area contributed by atoms with Crippen LogP contribution in [0.4, 0.5) is 11.5 Å². The maximum atomic E-state index is 12.9. The summed E-state index contributed by atoms with van der Waals surface area (Å²) in [5.74, 6) is -0.724. The SMILES string of the molecule is Cc1ccc(C)c(S(=O)(=O)Nc2cnc(N3CCC(N4CCCCC4)CC3)c(C(=O)O)c2)c1. The number of benzene rings is 1. The maximum absolute atomic E-state index is 12.9. The van der Waals surface area contributed by atoms with E-state index in [9.17, 15) is 18.3 Å². The van der Waals surface area contributed by atoms with E-state index in [4.69, 9.17) is 0 Å². The fraction of sp³-hybridized carbons (Fsp3) is 0.500. The molecule has 2 N–H and O–H groups in total. The van der Waals surface area contributed by atoms with Crippen LogP contribution in [0, 0.1) is 13.8 Å². The lowest BCUT2D eigenvalue weighted by molar-refractivity contribution is 0.0697. The zero-order valence-electron chi connectivity index (χ0n) is 19.2. The van der Waals surface area contributed by atoms with Crippen LogP contribution in [0.5, 0.6) is 0 Å². The summed E-state index contributed by atoms with van der Waals surface area (Å²) in [6, 6.07) is 7.11. The second-order valence-corrected chi connectivity index (χ2v) is 10.7. The zero-order valence-corrected chi connectivity index (χ0v) is 20.1. The molecule has 8 nitrogen and oxygen atoms in total. The van der Waals surface area contributed by atoms with E-state index in [1.165, 1.54) is 31.5 Å². The molecule has 0 aliphatic carbocycles. The Bertz CT molecular complexity index is 1120. The molecule has 0 unspecified atom stereocenters. The number of likely N-dealkylation sites (tertiary alicyclic amines) is 1. The van der Waals surface area contributed by atoms with Crippen molar-refractivity contribution in [2.45, 2.75) is 56.9 Å². The molecule has 4 rings (SSSR count). The van der Waals surface area contributed by atoms with Gasteiger partial charge < -0.3 is 14.9 Å². The number of piperidine rings is 2. The number of pyridine rings is 1. The fourth-order valence-corrected chi connectivity index (χ4v) is 6.22. The molecule has 2 fully saturated rings. The molecule has 3 heterocycles. The highest BCUT2D eigenvalue weighted by Gasteiger charge is 2.28. The van der Waals surface area contributed by atoms with Gasteiger partial charge >= 0.3 is 5.97 Å². The Hall–Kier alpha value is -2.65. The highest BCUT2D eigenvalue weighted by Crippen LogP contribution is 2.28. The second-order valence-electron chi connectivity index (χ2n) is 9.09. The van der Waals surface area contributed by atoms with E-state index in [0.29, 0.717) is 17.4 Å². The van der Waals surface area contributed by atoms with Crippen LogP contribution in [-0.2, 0) is 10.0 Å². The first-order valence-corrected chi connectivity index (χ1v) is 13.1. The van der Waals surface area contributed by atoms with Gasteiger partial charge in [-0.1, -0.05) is 18.6 Å². The number of carbonyl (C=O) groups is 1. The summed E-state index contributed by atoms with van der Waals surface area (Å²) < 4.78 is 28.4. The Morgan fingerprint density at radius 3 is 2.42 bits per heavy atom. The summed E-state index contributed by atoms with van der Waals surface area (Å²) in [5, 5.41) is 9.82. The number of hydrogen-bond donors (Lipinski definition) is 2. The zero-order chi connectivity index (χ0) is 23.6. The van der Waals surface area contributed by atoms with Gasteiger partial charge in [-0.15, -0.1) is 0 Å². The van der Waals surface area contributed by atoms with Crippen molar-refractivity contribution in [1.29, 1.82) is 0 Å². The third kappa shape index (κ3) is 5.30. The Morgan fingerprint density at radius 2 is 1.76 bits per heavy atom. The van der Waals surface area contributed by atoms with Gasteiger partial charge in [-0.05, 0) is 75.9 Å². The van der Waals surface area contributed by atoms with E-state index in [1.54, 1.807) is 19.1 Å². The van der Waals surface area contributed by atoms with Crippen LogP contribution in [0.3, 0.4) is 0 Å². The van der Waals surface area contributed by atoms with Crippen molar-refractivity contribution in [1.82, 2.24) is 9.88 Å². The third-order valence-electron chi connectivity index (χ3n) is 6.65. The van der Waals surface area contributed by atoms with E-state index >= 15 is 0 Å². The molecular weight excluding hydrogens is 440 g/mol. The van der Waals surface area contributed by atoms with Gasteiger partial charge in [-0.3, -0.25) is 4.72 Å². The van der Waals surface area contributed by atoms with Crippen LogP contribution in [0.25, 0.3) is 0 Å². The van der Waals surface area contributed by atoms with Crippen molar-refractivity contribution in [3.8, 4) is 0 Å². The number of nitrogens with one attached hydrogen (secondary N) is 1. The molecule has 1 aromatic heterocycles. The van der Waals surface area contributed by atoms with Crippen molar-refractivity contribution >= 4 is 27.5 Å². The minimum atomic E-state index is -3.87. The fourth-order valence-electron chi connectivity index (χ4n) is 4.86. The Morgan fingerprint density at radius 1 is 1.06 bits per heavy atom. The van der Waals surface area contributed by atoms with E-state index in [1.807, 2.05) is 17.9 Å². The van der Waals surface area contributed by atoms with Crippen LogP contribution in [0.15, 0.2) is 35.4 Å². The van der Waals surface area contributed by atoms with Gasteiger partial charge in [-0.25, -0.2) is 18.2 Å². The average Bonchev–Trinajstić information content (AvgIpc) is 2.81. The standard InChI is InChI=1S/C24H32N4O4S/c1-17-6-7-18(2)22(14-17)33(31,32)26-19-15-21(24(29)30)23(25-16-19)28-12-8-20(9-13-28)27-10-4-3-5-11-27/h6-7,14-16,20,26H,3-5,8-13H2,1-2H3,(H,29,30). The Kier molecular flexibility index (Phi) is 6.90. The average molecular weight is 473 g/mol. The number of aromatic nitrogens is 1. The number of aromatic carboxylic acids is 1. The number of hydrogen-bond acceptors (Lipinski definition) is 6. The first kappa shape index (κ1) is 23.5. The number of rotatable bonds is 6. The summed E-state index contributed by atoms with van der Waals surface area (Å²) in [6.45, 7) is 7.33. The summed E-state index contributed by atoms with van der Waals surface area (Å²) in [7, 11) is -3.87. The van der Waals surface area contributed by atoms with Crippen molar-refractivity contribution in [2.75, 3.05) is 35.8 Å². The van der Waals surface area contributed by atoms with Crippen LogP contribution in [-0.4, -0.2) is 61.6 Å². The van der Waals surface area contributed by atoms with Gasteiger partial charge in [0.2, 0.25) is 0 Å². The summed E-state index contributed by atoms with van der Waals surface area (Å²) in [6.07, 6.45) is 7.17. The van der Waals surface area contributed by atoms with Gasteiger partial charge in [0.05, 0.1) is 16.8 Å². The number of nitrogens with zero attached hydrogens (tertiary/aromatic N) is 3. The molecule has 2 aliphatic heterocycles. The molecule has 0 atom stereocenters. The van der Waals surface area contributed by atoms with Crippen molar-refractivity contribution in [3.05, 3.63) is 47.2 Å². The quantitative estimate of drug-likeness (QED) is 0.661. The molecule has 9 heteroatoms. The molecule has 178 valence electrons. The molecule has 0 radical (unpaired) electrons. The number of anilines is 2. The van der Waals surface area contributed by atoms with Gasteiger partial charge in [-0.2, -0.15) is 0 Å². The molecule has 2 aliphatic rings. The highest BCUT2D eigenvalue weighted by atomic mass is 32.2. The number of carboxylic acids is 1. The summed E-state index contributed by atoms with van der Waals surface area (Å²) >= 11 is 0. The summed E-state index contributed by atoms with van der Waals surface area (Å²) in [4.78, 5) is 21.1. The van der Waals surface area contributed by atoms with Gasteiger partial charge in [0.1, 0.15) is 11.4 Å². The second kappa shape index (κ2) is 9.69. The molecule has 0 amide bonds. The molecule has 0 spiro atoms. The number of aryl methyl sites for hydroxylation is 2. The lowest BCUT2D eigenvalue weighted by Gasteiger charge is -2.40. The van der Waals surface area contributed by atoms with E-state index < -0.39 is 16.0 Å². The highest BCUT2D eigenvalue weighted by molar-refractivity contribution is 7.92. The predicted octanol–water partition coefficient (Wildman–Crippen LogP) is 3.65. The largest absolute Gasteiger partial charge is 0.478 e. The lowest BCUT2D eigenvalue weighted by atomic mass is 9.99. The van der Waals surface area contributed by atoms with Crippen molar-refractivity contribution < 1.29 is 18.3 Å². The Labute approximate surface area is 195 Å². The molecular formula is C24H32N4O4S. The lowest BCUT2D eigenvalue weighted by Crippen LogP contribution is -2.47. The predicted molar refractivity (Wildman–Crippen MR) is 129 cm³/mol. The summed E-state index contributed by atoms with van der Waals surface area (Å²) in [5.41, 5.74) is 1.59. The Balaban J connectivity index is 1.51. The molecule has 0 saturated carbocycles. The number of sulfonamides is 1. The normalized spacial score (nSPS) is 18.3. The van der Waals surface area contributed by atoms with Crippen molar-refractivity contribution in [2.24, 2.45) is 0 Å². The van der Waals surface area contributed by atoms with E-state index in [-0.39, 0.29) is 16.1 Å². The first-order valence-electron chi connectivity index (χ1n) is 11.6. The molecule has 2 aromatic rings. The van der Waals surface area contributed by atoms with E-state index in [0.717, 1.165) is 44.6 Å².